The lowest BCUT2D eigenvalue weighted by molar-refractivity contribution is -0.274. The lowest BCUT2D eigenvalue weighted by atomic mass is 9.98. The predicted molar refractivity (Wildman–Crippen MR) is 107 cm³/mol. The summed E-state index contributed by atoms with van der Waals surface area (Å²) in [4.78, 5) is 0. The van der Waals surface area contributed by atoms with Crippen LogP contribution in [0.4, 0.5) is 17.6 Å². The maximum absolute atomic E-state index is 14.7. The number of hydrogen-bond donors (Lipinski definition) is 0. The molecule has 0 spiro atoms. The predicted octanol–water partition coefficient (Wildman–Crippen LogP) is 7.79. The third-order valence-electron chi connectivity index (χ3n) is 4.72. The van der Waals surface area contributed by atoms with Crippen molar-refractivity contribution in [1.29, 1.82) is 0 Å². The highest BCUT2D eigenvalue weighted by Gasteiger charge is 2.31. The number of halogens is 4. The summed E-state index contributed by atoms with van der Waals surface area (Å²) < 4.78 is 55.3. The van der Waals surface area contributed by atoms with E-state index in [4.69, 9.17) is 0 Å². The van der Waals surface area contributed by atoms with Crippen LogP contribution in [0.2, 0.25) is 0 Å². The van der Waals surface area contributed by atoms with Gasteiger partial charge >= 0.3 is 6.36 Å². The van der Waals surface area contributed by atoms with E-state index < -0.39 is 12.2 Å². The Labute approximate surface area is 168 Å². The van der Waals surface area contributed by atoms with Crippen molar-refractivity contribution in [2.24, 2.45) is 0 Å². The largest absolute Gasteiger partial charge is 0.573 e. The van der Waals surface area contributed by atoms with E-state index in [0.29, 0.717) is 11.1 Å². The van der Waals surface area contributed by atoms with E-state index in [0.717, 1.165) is 24.0 Å². The molecule has 0 aromatic heterocycles. The Hall–Kier alpha value is -2.82. The molecule has 5 heteroatoms. The Morgan fingerprint density at radius 1 is 0.759 bits per heavy atom. The van der Waals surface area contributed by atoms with Gasteiger partial charge in [0.2, 0.25) is 0 Å². The highest BCUT2D eigenvalue weighted by Crippen LogP contribution is 2.30. The minimum absolute atomic E-state index is 0.323. The summed E-state index contributed by atoms with van der Waals surface area (Å²) in [5.74, 6) is -0.767. The maximum Gasteiger partial charge on any atom is 0.573 e. The average Bonchev–Trinajstić information content (AvgIpc) is 2.68. The topological polar surface area (TPSA) is 9.23 Å². The quantitative estimate of drug-likeness (QED) is 0.289. The minimum Gasteiger partial charge on any atom is -0.406 e. The Bertz CT molecular complexity index is 929. The first-order valence-corrected chi connectivity index (χ1v) is 9.61. The second-order valence-corrected chi connectivity index (χ2v) is 6.92. The molecule has 3 rings (SSSR count). The Morgan fingerprint density at radius 3 is 1.97 bits per heavy atom. The van der Waals surface area contributed by atoms with Crippen LogP contribution in [0, 0.1) is 5.82 Å². The second-order valence-electron chi connectivity index (χ2n) is 6.92. The Kier molecular flexibility index (Phi) is 6.57. The van der Waals surface area contributed by atoms with E-state index >= 15 is 0 Å². The summed E-state index contributed by atoms with van der Waals surface area (Å²) in [5.41, 5.74) is 3.74. The molecule has 0 radical (unpaired) electrons. The van der Waals surface area contributed by atoms with E-state index in [9.17, 15) is 17.6 Å². The van der Waals surface area contributed by atoms with E-state index in [1.807, 2.05) is 18.2 Å². The van der Waals surface area contributed by atoms with Crippen LogP contribution in [0.25, 0.3) is 22.3 Å². The van der Waals surface area contributed by atoms with E-state index in [1.54, 1.807) is 6.07 Å². The molecule has 0 saturated carbocycles. The third-order valence-corrected chi connectivity index (χ3v) is 4.72. The average molecular weight is 402 g/mol. The highest BCUT2D eigenvalue weighted by molar-refractivity contribution is 5.71. The zero-order valence-corrected chi connectivity index (χ0v) is 16.1. The first-order chi connectivity index (χ1) is 13.9. The van der Waals surface area contributed by atoms with Crippen LogP contribution in [0.3, 0.4) is 0 Å². The Balaban J connectivity index is 1.75. The van der Waals surface area contributed by atoms with Crippen molar-refractivity contribution in [3.63, 3.8) is 0 Å². The molecule has 1 nitrogen and oxygen atoms in total. The van der Waals surface area contributed by atoms with Gasteiger partial charge in [0.15, 0.2) is 0 Å². The van der Waals surface area contributed by atoms with Crippen LogP contribution in [-0.4, -0.2) is 6.36 Å². The molecule has 0 fully saturated rings. The van der Waals surface area contributed by atoms with Crippen LogP contribution in [0.1, 0.15) is 31.7 Å². The molecule has 29 heavy (non-hydrogen) atoms. The fourth-order valence-electron chi connectivity index (χ4n) is 3.21. The number of ether oxygens (including phenoxy) is 1. The number of unbranched alkanes of at least 4 members (excludes halogenated alkanes) is 2. The van der Waals surface area contributed by atoms with Gasteiger partial charge < -0.3 is 4.74 Å². The van der Waals surface area contributed by atoms with Crippen molar-refractivity contribution in [3.05, 3.63) is 78.1 Å². The molecule has 0 saturated heterocycles. The molecule has 3 aromatic rings. The van der Waals surface area contributed by atoms with E-state index in [2.05, 4.69) is 23.8 Å². The molecule has 0 aliphatic heterocycles. The molecule has 0 atom stereocenters. The van der Waals surface area contributed by atoms with Crippen molar-refractivity contribution >= 4 is 0 Å². The molecule has 0 N–H and O–H groups in total. The monoisotopic (exact) mass is 402 g/mol. The summed E-state index contributed by atoms with van der Waals surface area (Å²) in [5, 5.41) is 0. The first-order valence-electron chi connectivity index (χ1n) is 9.61. The number of alkyl halides is 3. The SMILES string of the molecule is CCCCCc1ccc(-c2ccc(-c3ccc(OC(F)(F)F)cc3)c(F)c2)cc1. The van der Waals surface area contributed by atoms with Gasteiger partial charge in [-0.05, 0) is 53.3 Å². The standard InChI is InChI=1S/C24H22F4O/c1-2-3-4-5-17-6-8-18(9-7-17)20-12-15-22(23(25)16-20)19-10-13-21(14-11-19)29-24(26,27)28/h6-16H,2-5H2,1H3. The molecule has 0 unspecified atom stereocenters. The van der Waals surface area contributed by atoms with Gasteiger partial charge in [0.25, 0.3) is 0 Å². The van der Waals surface area contributed by atoms with Crippen LogP contribution < -0.4 is 4.74 Å². The van der Waals surface area contributed by atoms with Gasteiger partial charge in [0.1, 0.15) is 11.6 Å². The number of hydrogen-bond acceptors (Lipinski definition) is 1. The van der Waals surface area contributed by atoms with Gasteiger partial charge in [-0.3, -0.25) is 0 Å². The molecule has 0 heterocycles. The molecular formula is C24H22F4O. The fourth-order valence-corrected chi connectivity index (χ4v) is 3.21. The van der Waals surface area contributed by atoms with Gasteiger partial charge in [-0.1, -0.05) is 68.3 Å². The maximum atomic E-state index is 14.7. The van der Waals surface area contributed by atoms with Crippen molar-refractivity contribution in [3.8, 4) is 28.0 Å². The smallest absolute Gasteiger partial charge is 0.406 e. The molecule has 0 aliphatic carbocycles. The van der Waals surface area contributed by atoms with Gasteiger partial charge in [-0.15, -0.1) is 13.2 Å². The summed E-state index contributed by atoms with van der Waals surface area (Å²) in [6.07, 6.45) is -0.166. The van der Waals surface area contributed by atoms with Crippen molar-refractivity contribution in [2.75, 3.05) is 0 Å². The molecule has 0 bridgehead atoms. The van der Waals surface area contributed by atoms with Gasteiger partial charge in [-0.2, -0.15) is 0 Å². The molecule has 0 amide bonds. The van der Waals surface area contributed by atoms with E-state index in [-0.39, 0.29) is 5.75 Å². The molecule has 0 aliphatic rings. The summed E-state index contributed by atoms with van der Waals surface area (Å²) >= 11 is 0. The lowest BCUT2D eigenvalue weighted by Crippen LogP contribution is -2.16. The first kappa shape index (κ1) is 20.9. The van der Waals surface area contributed by atoms with Gasteiger partial charge in [0.05, 0.1) is 0 Å². The summed E-state index contributed by atoms with van der Waals surface area (Å²) in [6.45, 7) is 2.17. The number of rotatable bonds is 7. The normalized spacial score (nSPS) is 11.5. The summed E-state index contributed by atoms with van der Waals surface area (Å²) in [7, 11) is 0. The van der Waals surface area contributed by atoms with Crippen molar-refractivity contribution in [2.45, 2.75) is 39.0 Å². The van der Waals surface area contributed by atoms with Gasteiger partial charge in [-0.25, -0.2) is 4.39 Å². The highest BCUT2D eigenvalue weighted by atomic mass is 19.4. The van der Waals surface area contributed by atoms with Crippen molar-refractivity contribution < 1.29 is 22.3 Å². The van der Waals surface area contributed by atoms with Crippen LogP contribution in [0.5, 0.6) is 5.75 Å². The molecule has 3 aromatic carbocycles. The van der Waals surface area contributed by atoms with Crippen LogP contribution in [-0.2, 0) is 6.42 Å². The zero-order valence-electron chi connectivity index (χ0n) is 16.1. The van der Waals surface area contributed by atoms with E-state index in [1.165, 1.54) is 48.7 Å². The third kappa shape index (κ3) is 5.83. The van der Waals surface area contributed by atoms with Crippen LogP contribution in [0.15, 0.2) is 66.7 Å². The molecule has 152 valence electrons. The Morgan fingerprint density at radius 2 is 1.38 bits per heavy atom. The zero-order chi connectivity index (χ0) is 20.9. The number of aryl methyl sites for hydroxylation is 1. The summed E-state index contributed by atoms with van der Waals surface area (Å²) in [6, 6.07) is 18.2. The van der Waals surface area contributed by atoms with Gasteiger partial charge in [0, 0.05) is 5.56 Å². The van der Waals surface area contributed by atoms with Crippen LogP contribution >= 0.6 is 0 Å². The fraction of sp³-hybridized carbons (Fsp3) is 0.250. The number of benzene rings is 3. The van der Waals surface area contributed by atoms with Crippen molar-refractivity contribution in [1.82, 2.24) is 0 Å². The minimum atomic E-state index is -4.75. The lowest BCUT2D eigenvalue weighted by Gasteiger charge is -2.10. The molecular weight excluding hydrogens is 380 g/mol. The second kappa shape index (κ2) is 9.12.